The summed E-state index contributed by atoms with van der Waals surface area (Å²) in [5.74, 6) is 0.790. The molecule has 1 rings (SSSR count). The van der Waals surface area contributed by atoms with Crippen LogP contribution in [0.1, 0.15) is 4.88 Å². The molecule has 0 saturated heterocycles. The predicted octanol–water partition coefficient (Wildman–Crippen LogP) is 1.19. The van der Waals surface area contributed by atoms with E-state index >= 15 is 0 Å². The Morgan fingerprint density at radius 1 is 1.56 bits per heavy atom. The van der Waals surface area contributed by atoms with Crippen LogP contribution in [0.4, 0.5) is 0 Å². The average Bonchev–Trinajstić information content (AvgIpc) is 2.74. The Hall–Kier alpha value is -0.0800. The Morgan fingerprint density at radius 2 is 2.25 bits per heavy atom. The highest BCUT2D eigenvalue weighted by molar-refractivity contribution is 7.98. The highest BCUT2D eigenvalue weighted by atomic mass is 32.2. The van der Waals surface area contributed by atoms with E-state index in [2.05, 4.69) is 0 Å². The van der Waals surface area contributed by atoms with Crippen molar-refractivity contribution in [3.8, 4) is 0 Å². The summed E-state index contributed by atoms with van der Waals surface area (Å²) in [4.78, 5) is 1.07. The molecule has 0 aromatic carbocycles. The van der Waals surface area contributed by atoms with Gasteiger partial charge in [0, 0.05) is 30.8 Å². The summed E-state index contributed by atoms with van der Waals surface area (Å²) in [6.45, 7) is 0.784. The monoisotopic (exact) mass is 280 g/mol. The van der Waals surface area contributed by atoms with Gasteiger partial charge in [0.25, 0.3) is 0 Å². The number of hydrogen-bond acceptors (Lipinski definition) is 5. The summed E-state index contributed by atoms with van der Waals surface area (Å²) < 4.78 is 25.7. The minimum atomic E-state index is -3.36. The van der Waals surface area contributed by atoms with Gasteiger partial charge in [0.1, 0.15) is 0 Å². The van der Waals surface area contributed by atoms with Gasteiger partial charge in [-0.05, 0) is 17.7 Å². The Balaban J connectivity index is 2.93. The maximum Gasteiger partial charge on any atom is 0.243 e. The minimum absolute atomic E-state index is 0.266. The third-order valence-corrected chi connectivity index (χ3v) is 5.79. The van der Waals surface area contributed by atoms with Gasteiger partial charge >= 0.3 is 0 Å². The minimum Gasteiger partial charge on any atom is -0.326 e. The maximum atomic E-state index is 12.1. The summed E-state index contributed by atoms with van der Waals surface area (Å²) in [6, 6.07) is 1.62. The highest BCUT2D eigenvalue weighted by Crippen LogP contribution is 2.24. The molecule has 1 aromatic heterocycles. The van der Waals surface area contributed by atoms with Crippen molar-refractivity contribution in [2.45, 2.75) is 11.4 Å². The van der Waals surface area contributed by atoms with E-state index in [0.717, 1.165) is 10.6 Å². The summed E-state index contributed by atoms with van der Waals surface area (Å²) in [5, 5.41) is 1.76. The van der Waals surface area contributed by atoms with Crippen LogP contribution in [-0.2, 0) is 16.6 Å². The van der Waals surface area contributed by atoms with Gasteiger partial charge in [-0.15, -0.1) is 11.3 Å². The SMILES string of the molecule is CSCCN(C)S(=O)(=O)c1ccsc1CN. The highest BCUT2D eigenvalue weighted by Gasteiger charge is 2.23. The molecule has 4 nitrogen and oxygen atoms in total. The molecule has 0 aliphatic heterocycles. The molecule has 0 saturated carbocycles. The van der Waals surface area contributed by atoms with Gasteiger partial charge < -0.3 is 5.73 Å². The van der Waals surface area contributed by atoms with Gasteiger partial charge in [0.2, 0.25) is 10.0 Å². The fourth-order valence-corrected chi connectivity index (χ4v) is 4.26. The van der Waals surface area contributed by atoms with Crippen LogP contribution in [0.15, 0.2) is 16.3 Å². The van der Waals surface area contributed by atoms with Crippen molar-refractivity contribution in [3.05, 3.63) is 16.3 Å². The lowest BCUT2D eigenvalue weighted by molar-refractivity contribution is 0.488. The molecule has 0 aliphatic rings. The smallest absolute Gasteiger partial charge is 0.243 e. The molecule has 0 fully saturated rings. The van der Waals surface area contributed by atoms with Crippen LogP contribution < -0.4 is 5.73 Å². The summed E-state index contributed by atoms with van der Waals surface area (Å²) in [6.07, 6.45) is 1.95. The molecule has 2 N–H and O–H groups in total. The zero-order valence-corrected chi connectivity index (χ0v) is 11.8. The van der Waals surface area contributed by atoms with Gasteiger partial charge in [-0.3, -0.25) is 0 Å². The van der Waals surface area contributed by atoms with Crippen molar-refractivity contribution in [2.24, 2.45) is 5.73 Å². The van der Waals surface area contributed by atoms with Gasteiger partial charge in [-0.25, -0.2) is 12.7 Å². The van der Waals surface area contributed by atoms with Crippen molar-refractivity contribution in [2.75, 3.05) is 25.6 Å². The fraction of sp³-hybridized carbons (Fsp3) is 0.556. The van der Waals surface area contributed by atoms with E-state index in [0.29, 0.717) is 11.4 Å². The van der Waals surface area contributed by atoms with Crippen LogP contribution in [0, 0.1) is 0 Å². The maximum absolute atomic E-state index is 12.1. The molecule has 0 amide bonds. The second-order valence-corrected chi connectivity index (χ2v) is 7.23. The van der Waals surface area contributed by atoms with E-state index in [1.54, 1.807) is 30.3 Å². The quantitative estimate of drug-likeness (QED) is 0.850. The van der Waals surface area contributed by atoms with Crippen molar-refractivity contribution in [1.29, 1.82) is 0 Å². The number of thiophene rings is 1. The van der Waals surface area contributed by atoms with Crippen molar-refractivity contribution in [3.63, 3.8) is 0 Å². The van der Waals surface area contributed by atoms with Gasteiger partial charge in [-0.2, -0.15) is 11.8 Å². The van der Waals surface area contributed by atoms with Crippen LogP contribution in [0.3, 0.4) is 0 Å². The summed E-state index contributed by atoms with van der Waals surface area (Å²) in [5.41, 5.74) is 5.52. The van der Waals surface area contributed by atoms with E-state index in [9.17, 15) is 8.42 Å². The molecule has 92 valence electrons. The number of sulfonamides is 1. The second-order valence-electron chi connectivity index (χ2n) is 3.23. The Bertz CT molecular complexity index is 428. The standard InChI is InChI=1S/C9H16N2O2S3/c1-11(4-6-14-2)16(12,13)9-3-5-15-8(9)7-10/h3,5H,4,6-7,10H2,1-2H3. The first-order valence-electron chi connectivity index (χ1n) is 4.75. The molecule has 16 heavy (non-hydrogen) atoms. The molecule has 0 aliphatic carbocycles. The van der Waals surface area contributed by atoms with E-state index in [1.807, 2.05) is 6.26 Å². The lowest BCUT2D eigenvalue weighted by Crippen LogP contribution is -2.29. The van der Waals surface area contributed by atoms with Crippen LogP contribution in [0.2, 0.25) is 0 Å². The van der Waals surface area contributed by atoms with Crippen LogP contribution in [0.5, 0.6) is 0 Å². The lowest BCUT2D eigenvalue weighted by atomic mass is 10.5. The van der Waals surface area contributed by atoms with Crippen molar-refractivity contribution in [1.82, 2.24) is 4.31 Å². The van der Waals surface area contributed by atoms with Crippen molar-refractivity contribution < 1.29 is 8.42 Å². The van der Waals surface area contributed by atoms with Gasteiger partial charge in [-0.1, -0.05) is 0 Å². The normalized spacial score (nSPS) is 12.2. The van der Waals surface area contributed by atoms with Crippen molar-refractivity contribution >= 4 is 33.1 Å². The zero-order valence-electron chi connectivity index (χ0n) is 9.34. The number of nitrogens with zero attached hydrogens (tertiary/aromatic N) is 1. The fourth-order valence-electron chi connectivity index (χ4n) is 1.22. The Kier molecular flexibility index (Phi) is 5.26. The molecule has 7 heteroatoms. The summed E-state index contributed by atoms with van der Waals surface area (Å²) in [7, 11) is -1.76. The molecule has 0 radical (unpaired) electrons. The number of rotatable bonds is 6. The predicted molar refractivity (Wildman–Crippen MR) is 70.4 cm³/mol. The molecular weight excluding hydrogens is 264 g/mol. The third kappa shape index (κ3) is 2.98. The number of nitrogens with two attached hydrogens (primary N) is 1. The van der Waals surface area contributed by atoms with Crippen LogP contribution in [-0.4, -0.2) is 38.3 Å². The molecule has 0 unspecified atom stereocenters. The summed E-state index contributed by atoms with van der Waals surface area (Å²) >= 11 is 3.01. The van der Waals surface area contributed by atoms with Gasteiger partial charge in [0.15, 0.2) is 0 Å². The van der Waals surface area contributed by atoms with E-state index in [1.165, 1.54) is 15.6 Å². The number of thioether (sulfide) groups is 1. The zero-order chi connectivity index (χ0) is 12.2. The van der Waals surface area contributed by atoms with Crippen LogP contribution in [0.25, 0.3) is 0 Å². The molecule has 0 spiro atoms. The molecule has 0 bridgehead atoms. The van der Waals surface area contributed by atoms with Gasteiger partial charge in [0.05, 0.1) is 4.90 Å². The Labute approximate surface area is 105 Å². The average molecular weight is 280 g/mol. The van der Waals surface area contributed by atoms with Crippen LogP contribution >= 0.6 is 23.1 Å². The first-order valence-corrected chi connectivity index (χ1v) is 8.47. The first-order chi connectivity index (χ1) is 7.54. The second kappa shape index (κ2) is 6.02. The number of hydrogen-bond donors (Lipinski definition) is 1. The lowest BCUT2D eigenvalue weighted by Gasteiger charge is -2.16. The molecule has 1 heterocycles. The molecule has 1 aromatic rings. The van der Waals surface area contributed by atoms with E-state index in [-0.39, 0.29) is 6.54 Å². The molecular formula is C9H16N2O2S3. The molecule has 0 atom stereocenters. The third-order valence-electron chi connectivity index (χ3n) is 2.19. The first kappa shape index (κ1) is 14.0. The van der Waals surface area contributed by atoms with E-state index < -0.39 is 10.0 Å². The Morgan fingerprint density at radius 3 is 2.81 bits per heavy atom. The van der Waals surface area contributed by atoms with E-state index in [4.69, 9.17) is 5.73 Å². The largest absolute Gasteiger partial charge is 0.326 e. The topological polar surface area (TPSA) is 63.4 Å².